The Hall–Kier alpha value is -3.02. The Morgan fingerprint density at radius 1 is 1.00 bits per heavy atom. The van der Waals surface area contributed by atoms with Gasteiger partial charge in [-0.25, -0.2) is 0 Å². The van der Waals surface area contributed by atoms with Crippen LogP contribution >= 0.6 is 0 Å². The number of fused-ring (bicyclic) bond motifs is 1. The summed E-state index contributed by atoms with van der Waals surface area (Å²) in [6, 6.07) is 13.4. The summed E-state index contributed by atoms with van der Waals surface area (Å²) < 4.78 is 11.2. The second-order valence-electron chi connectivity index (χ2n) is 8.57. The topological polar surface area (TPSA) is 67.9 Å². The van der Waals surface area contributed by atoms with E-state index in [1.165, 1.54) is 0 Å². The second-order valence-corrected chi connectivity index (χ2v) is 8.57. The number of nitrogens with zero attached hydrogens (tertiary/aromatic N) is 1. The van der Waals surface area contributed by atoms with E-state index in [4.69, 9.17) is 9.47 Å². The number of rotatable bonds is 9. The first-order valence-electron chi connectivity index (χ1n) is 11.4. The highest BCUT2D eigenvalue weighted by Crippen LogP contribution is 2.31. The molecule has 32 heavy (non-hydrogen) atoms. The first-order valence-corrected chi connectivity index (χ1v) is 11.4. The molecule has 0 saturated carbocycles. The third kappa shape index (κ3) is 6.25. The number of carbonyl (C=O) groups excluding carboxylic acids is 2. The molecule has 0 spiro atoms. The van der Waals surface area contributed by atoms with E-state index in [9.17, 15) is 9.59 Å². The van der Waals surface area contributed by atoms with Crippen molar-refractivity contribution in [2.45, 2.75) is 65.6 Å². The molecule has 6 nitrogen and oxygen atoms in total. The molecule has 0 fully saturated rings. The monoisotopic (exact) mass is 438 g/mol. The lowest BCUT2D eigenvalue weighted by atomic mass is 10.0. The van der Waals surface area contributed by atoms with E-state index >= 15 is 0 Å². The van der Waals surface area contributed by atoms with Gasteiger partial charge in [0.2, 0.25) is 11.8 Å². The van der Waals surface area contributed by atoms with E-state index in [0.29, 0.717) is 39.0 Å². The molecule has 1 atom stereocenters. The van der Waals surface area contributed by atoms with Crippen LogP contribution in [0.4, 0.5) is 0 Å². The van der Waals surface area contributed by atoms with Crippen LogP contribution in [0.25, 0.3) is 0 Å². The number of aryl methyl sites for hydroxylation is 2. The standard InChI is InChI=1S/C26H34N2O4/c1-5-22(26(30)27-18(2)3)28(17-21-8-6-19(4)7-9-21)25(29)13-11-20-10-12-23-24(16-20)32-15-14-31-23/h6-10,12,16,18,22H,5,11,13-15,17H2,1-4H3,(H,27,30). The van der Waals surface area contributed by atoms with Gasteiger partial charge in [-0.1, -0.05) is 42.8 Å². The maximum Gasteiger partial charge on any atom is 0.243 e. The van der Waals surface area contributed by atoms with Crippen molar-refractivity contribution in [1.29, 1.82) is 0 Å². The van der Waals surface area contributed by atoms with Gasteiger partial charge in [-0.3, -0.25) is 9.59 Å². The Labute approximate surface area is 190 Å². The zero-order valence-electron chi connectivity index (χ0n) is 19.5. The molecule has 1 heterocycles. The lowest BCUT2D eigenvalue weighted by molar-refractivity contribution is -0.141. The maximum atomic E-state index is 13.4. The predicted molar refractivity (Wildman–Crippen MR) is 125 cm³/mol. The number of hydrogen-bond acceptors (Lipinski definition) is 4. The van der Waals surface area contributed by atoms with E-state index in [0.717, 1.165) is 28.2 Å². The normalized spacial score (nSPS) is 13.5. The molecule has 1 N–H and O–H groups in total. The lowest BCUT2D eigenvalue weighted by Gasteiger charge is -2.31. The summed E-state index contributed by atoms with van der Waals surface area (Å²) >= 11 is 0. The Balaban J connectivity index is 1.75. The van der Waals surface area contributed by atoms with E-state index < -0.39 is 6.04 Å². The Morgan fingerprint density at radius 2 is 1.66 bits per heavy atom. The Kier molecular flexibility index (Phi) is 8.14. The molecule has 0 aliphatic carbocycles. The van der Waals surface area contributed by atoms with Gasteiger partial charge in [-0.2, -0.15) is 0 Å². The molecule has 2 aromatic carbocycles. The highest BCUT2D eigenvalue weighted by molar-refractivity contribution is 5.87. The van der Waals surface area contributed by atoms with Gasteiger partial charge in [-0.05, 0) is 56.9 Å². The molecule has 0 saturated heterocycles. The van der Waals surface area contributed by atoms with Gasteiger partial charge in [0.25, 0.3) is 0 Å². The number of benzene rings is 2. The predicted octanol–water partition coefficient (Wildman–Crippen LogP) is 4.03. The van der Waals surface area contributed by atoms with Crippen molar-refractivity contribution in [1.82, 2.24) is 10.2 Å². The smallest absolute Gasteiger partial charge is 0.243 e. The SMILES string of the molecule is CCC(C(=O)NC(C)C)N(Cc1ccc(C)cc1)C(=O)CCc1ccc2c(c1)OCCO2. The number of amides is 2. The van der Waals surface area contributed by atoms with Crippen molar-refractivity contribution in [3.8, 4) is 11.5 Å². The fraction of sp³-hybridized carbons (Fsp3) is 0.462. The zero-order valence-corrected chi connectivity index (χ0v) is 19.5. The van der Waals surface area contributed by atoms with E-state index in [-0.39, 0.29) is 17.9 Å². The maximum absolute atomic E-state index is 13.4. The van der Waals surface area contributed by atoms with Gasteiger partial charge in [0.15, 0.2) is 11.5 Å². The van der Waals surface area contributed by atoms with Crippen LogP contribution in [0.1, 0.15) is 50.3 Å². The summed E-state index contributed by atoms with van der Waals surface area (Å²) in [5, 5.41) is 2.97. The van der Waals surface area contributed by atoms with Gasteiger partial charge >= 0.3 is 0 Å². The molecule has 6 heteroatoms. The average Bonchev–Trinajstić information content (AvgIpc) is 2.78. The van der Waals surface area contributed by atoms with E-state index in [2.05, 4.69) is 5.32 Å². The first kappa shape index (κ1) is 23.6. The Morgan fingerprint density at radius 3 is 2.31 bits per heavy atom. The molecule has 1 aliphatic rings. The number of carbonyl (C=O) groups is 2. The molecule has 0 radical (unpaired) electrons. The second kappa shape index (κ2) is 11.0. The minimum atomic E-state index is -0.508. The minimum absolute atomic E-state index is 0.0191. The fourth-order valence-electron chi connectivity index (χ4n) is 3.83. The lowest BCUT2D eigenvalue weighted by Crippen LogP contribution is -2.50. The molecule has 0 aromatic heterocycles. The zero-order chi connectivity index (χ0) is 23.1. The van der Waals surface area contributed by atoms with Crippen molar-refractivity contribution in [3.63, 3.8) is 0 Å². The molecular formula is C26H34N2O4. The highest BCUT2D eigenvalue weighted by atomic mass is 16.6. The minimum Gasteiger partial charge on any atom is -0.486 e. The first-order chi connectivity index (χ1) is 15.4. The van der Waals surface area contributed by atoms with E-state index in [1.807, 2.05) is 70.2 Å². The van der Waals surface area contributed by atoms with Crippen molar-refractivity contribution in [2.24, 2.45) is 0 Å². The van der Waals surface area contributed by atoms with Crippen LogP contribution in [0.3, 0.4) is 0 Å². The number of nitrogens with one attached hydrogen (secondary N) is 1. The highest BCUT2D eigenvalue weighted by Gasteiger charge is 2.28. The number of ether oxygens (including phenoxy) is 2. The van der Waals surface area contributed by atoms with Crippen LogP contribution in [0.15, 0.2) is 42.5 Å². The van der Waals surface area contributed by atoms with Crippen molar-refractivity contribution < 1.29 is 19.1 Å². The third-order valence-corrected chi connectivity index (χ3v) is 5.52. The summed E-state index contributed by atoms with van der Waals surface area (Å²) in [5.41, 5.74) is 3.19. The van der Waals surface area contributed by atoms with Gasteiger partial charge in [0.1, 0.15) is 19.3 Å². The molecule has 2 amide bonds. The van der Waals surface area contributed by atoms with Gasteiger partial charge in [0.05, 0.1) is 0 Å². The van der Waals surface area contributed by atoms with Crippen LogP contribution in [0, 0.1) is 6.92 Å². The summed E-state index contributed by atoms with van der Waals surface area (Å²) in [5.74, 6) is 1.32. The molecule has 1 aliphatic heterocycles. The largest absolute Gasteiger partial charge is 0.486 e. The van der Waals surface area contributed by atoms with Gasteiger partial charge in [0, 0.05) is 19.0 Å². The van der Waals surface area contributed by atoms with Crippen LogP contribution < -0.4 is 14.8 Å². The van der Waals surface area contributed by atoms with Gasteiger partial charge < -0.3 is 19.7 Å². The van der Waals surface area contributed by atoms with Crippen LogP contribution in [0.5, 0.6) is 11.5 Å². The summed E-state index contributed by atoms with van der Waals surface area (Å²) in [6.45, 7) is 9.33. The van der Waals surface area contributed by atoms with Crippen LogP contribution in [-0.4, -0.2) is 42.0 Å². The Bertz CT molecular complexity index is 924. The van der Waals surface area contributed by atoms with Gasteiger partial charge in [-0.15, -0.1) is 0 Å². The molecule has 1 unspecified atom stereocenters. The molecule has 2 aromatic rings. The quantitative estimate of drug-likeness (QED) is 0.642. The summed E-state index contributed by atoms with van der Waals surface area (Å²) in [6.07, 6.45) is 1.44. The molecule has 172 valence electrons. The van der Waals surface area contributed by atoms with Crippen molar-refractivity contribution >= 4 is 11.8 Å². The summed E-state index contributed by atoms with van der Waals surface area (Å²) in [7, 11) is 0. The molecule has 3 rings (SSSR count). The molecule has 0 bridgehead atoms. The van der Waals surface area contributed by atoms with Crippen molar-refractivity contribution in [2.75, 3.05) is 13.2 Å². The van der Waals surface area contributed by atoms with Crippen molar-refractivity contribution in [3.05, 3.63) is 59.2 Å². The number of hydrogen-bond donors (Lipinski definition) is 1. The van der Waals surface area contributed by atoms with Crippen LogP contribution in [0.2, 0.25) is 0 Å². The third-order valence-electron chi connectivity index (χ3n) is 5.52. The fourth-order valence-corrected chi connectivity index (χ4v) is 3.83. The summed E-state index contributed by atoms with van der Waals surface area (Å²) in [4.78, 5) is 28.0. The van der Waals surface area contributed by atoms with Crippen LogP contribution in [-0.2, 0) is 22.6 Å². The van der Waals surface area contributed by atoms with E-state index in [1.54, 1.807) is 4.90 Å². The molecular weight excluding hydrogens is 404 g/mol. The average molecular weight is 439 g/mol.